The standard InChI is InChI=1S/C27H20O3/c1-28-23-12-10-22(11-13-23)27-25(24-9-5-4-8-20(24)17-29-27)15-21-14-18-6-2-3-7-19(18)16-26(21)30-27/h2-16H,17H2,1H3. The van der Waals surface area contributed by atoms with Gasteiger partial charge >= 0.3 is 0 Å². The Morgan fingerprint density at radius 2 is 1.57 bits per heavy atom. The lowest BCUT2D eigenvalue weighted by Crippen LogP contribution is -2.42. The van der Waals surface area contributed by atoms with Gasteiger partial charge in [0.05, 0.1) is 13.7 Å². The molecular formula is C27H20O3. The molecule has 3 heteroatoms. The van der Waals surface area contributed by atoms with E-state index in [1.807, 2.05) is 36.4 Å². The lowest BCUT2D eigenvalue weighted by atomic mass is 9.83. The van der Waals surface area contributed by atoms with E-state index in [4.69, 9.17) is 14.2 Å². The fraction of sp³-hybridized carbons (Fsp3) is 0.111. The second-order valence-corrected chi connectivity index (χ2v) is 7.69. The molecule has 4 aromatic rings. The van der Waals surface area contributed by atoms with E-state index < -0.39 is 5.79 Å². The summed E-state index contributed by atoms with van der Waals surface area (Å²) in [5, 5.41) is 2.34. The third kappa shape index (κ3) is 2.49. The molecule has 6 rings (SSSR count). The fourth-order valence-corrected chi connectivity index (χ4v) is 4.46. The van der Waals surface area contributed by atoms with Crippen LogP contribution in [0.2, 0.25) is 0 Å². The Balaban J connectivity index is 1.61. The van der Waals surface area contributed by atoms with Crippen molar-refractivity contribution in [3.8, 4) is 11.5 Å². The molecule has 1 atom stereocenters. The zero-order valence-corrected chi connectivity index (χ0v) is 16.6. The molecular weight excluding hydrogens is 372 g/mol. The average molecular weight is 392 g/mol. The Hall–Kier alpha value is -3.56. The molecule has 0 N–H and O–H groups in total. The summed E-state index contributed by atoms with van der Waals surface area (Å²) in [6.07, 6.45) is 2.22. The molecule has 1 unspecified atom stereocenters. The van der Waals surface area contributed by atoms with Crippen LogP contribution in [0.5, 0.6) is 11.5 Å². The molecule has 4 aromatic carbocycles. The van der Waals surface area contributed by atoms with E-state index in [0.29, 0.717) is 6.61 Å². The van der Waals surface area contributed by atoms with Crippen molar-refractivity contribution in [2.24, 2.45) is 0 Å². The number of hydrogen-bond donors (Lipinski definition) is 0. The van der Waals surface area contributed by atoms with E-state index in [-0.39, 0.29) is 0 Å². The molecule has 2 aliphatic heterocycles. The molecule has 146 valence electrons. The van der Waals surface area contributed by atoms with Gasteiger partial charge in [-0.15, -0.1) is 0 Å². The summed E-state index contributed by atoms with van der Waals surface area (Å²) in [7, 11) is 1.67. The van der Waals surface area contributed by atoms with E-state index in [1.54, 1.807) is 7.11 Å². The first-order chi connectivity index (χ1) is 14.8. The third-order valence-corrected chi connectivity index (χ3v) is 5.99. The molecule has 0 radical (unpaired) electrons. The van der Waals surface area contributed by atoms with Crippen LogP contribution in [0.15, 0.2) is 84.9 Å². The summed E-state index contributed by atoms with van der Waals surface area (Å²) in [6, 6.07) is 29.0. The Labute approximate surface area is 175 Å². The quantitative estimate of drug-likeness (QED) is 0.409. The molecule has 0 aliphatic carbocycles. The van der Waals surface area contributed by atoms with E-state index >= 15 is 0 Å². The Morgan fingerprint density at radius 1 is 0.833 bits per heavy atom. The molecule has 0 aromatic heterocycles. The molecule has 0 fully saturated rings. The average Bonchev–Trinajstić information content (AvgIpc) is 2.81. The second kappa shape index (κ2) is 6.48. The maximum absolute atomic E-state index is 6.72. The molecule has 0 saturated carbocycles. The second-order valence-electron chi connectivity index (χ2n) is 7.69. The van der Waals surface area contributed by atoms with Gasteiger partial charge in [-0.2, -0.15) is 0 Å². The van der Waals surface area contributed by atoms with Crippen molar-refractivity contribution in [1.82, 2.24) is 0 Å². The summed E-state index contributed by atoms with van der Waals surface area (Å²) >= 11 is 0. The van der Waals surface area contributed by atoms with Crippen molar-refractivity contribution in [2.75, 3.05) is 7.11 Å². The predicted octanol–water partition coefficient (Wildman–Crippen LogP) is 6.16. The Morgan fingerprint density at radius 3 is 2.37 bits per heavy atom. The molecule has 2 heterocycles. The van der Waals surface area contributed by atoms with Crippen LogP contribution in [-0.2, 0) is 17.1 Å². The van der Waals surface area contributed by atoms with Gasteiger partial charge in [0.15, 0.2) is 0 Å². The van der Waals surface area contributed by atoms with E-state index in [2.05, 4.69) is 54.6 Å². The van der Waals surface area contributed by atoms with Gasteiger partial charge in [-0.3, -0.25) is 0 Å². The fourth-order valence-electron chi connectivity index (χ4n) is 4.46. The van der Waals surface area contributed by atoms with Crippen LogP contribution in [0.3, 0.4) is 0 Å². The van der Waals surface area contributed by atoms with Crippen LogP contribution in [0, 0.1) is 0 Å². The monoisotopic (exact) mass is 392 g/mol. The SMILES string of the molecule is COc1ccc(C23OCc4ccccc4C2=Cc2cc4ccccc4cc2O3)cc1. The Kier molecular flexibility index (Phi) is 3.74. The Bertz CT molecular complexity index is 1300. The van der Waals surface area contributed by atoms with Crippen LogP contribution in [-0.4, -0.2) is 7.11 Å². The molecule has 2 aliphatic rings. The van der Waals surface area contributed by atoms with Crippen LogP contribution in [0.4, 0.5) is 0 Å². The highest BCUT2D eigenvalue weighted by molar-refractivity contribution is 5.95. The van der Waals surface area contributed by atoms with Gasteiger partial charge in [-0.05, 0) is 64.4 Å². The molecule has 0 bridgehead atoms. The van der Waals surface area contributed by atoms with Crippen LogP contribution in [0.25, 0.3) is 22.4 Å². The summed E-state index contributed by atoms with van der Waals surface area (Å²) in [5.74, 6) is 0.641. The predicted molar refractivity (Wildman–Crippen MR) is 118 cm³/mol. The number of rotatable bonds is 2. The lowest BCUT2D eigenvalue weighted by molar-refractivity contribution is -0.160. The molecule has 3 nitrogen and oxygen atoms in total. The summed E-state index contributed by atoms with van der Waals surface area (Å²) in [5.41, 5.74) is 5.37. The first kappa shape index (κ1) is 17.3. The van der Waals surface area contributed by atoms with Crippen molar-refractivity contribution in [1.29, 1.82) is 0 Å². The minimum Gasteiger partial charge on any atom is -0.497 e. The normalized spacial score (nSPS) is 19.2. The number of hydrogen-bond acceptors (Lipinski definition) is 3. The van der Waals surface area contributed by atoms with Gasteiger partial charge in [-0.25, -0.2) is 0 Å². The maximum Gasteiger partial charge on any atom is 0.265 e. The minimum absolute atomic E-state index is 0.489. The summed E-state index contributed by atoms with van der Waals surface area (Å²) < 4.78 is 18.6. The summed E-state index contributed by atoms with van der Waals surface area (Å²) in [4.78, 5) is 0. The van der Waals surface area contributed by atoms with Crippen LogP contribution in [0.1, 0.15) is 22.3 Å². The number of ether oxygens (including phenoxy) is 3. The highest BCUT2D eigenvalue weighted by Gasteiger charge is 2.47. The van der Waals surface area contributed by atoms with Crippen molar-refractivity contribution >= 4 is 22.4 Å². The van der Waals surface area contributed by atoms with Gasteiger partial charge in [0.1, 0.15) is 11.5 Å². The largest absolute Gasteiger partial charge is 0.497 e. The highest BCUT2D eigenvalue weighted by Crippen LogP contribution is 2.51. The van der Waals surface area contributed by atoms with Crippen molar-refractivity contribution in [3.05, 3.63) is 107 Å². The highest BCUT2D eigenvalue weighted by atomic mass is 16.7. The van der Waals surface area contributed by atoms with Gasteiger partial charge in [0, 0.05) is 16.7 Å². The topological polar surface area (TPSA) is 27.7 Å². The van der Waals surface area contributed by atoms with Gasteiger partial charge < -0.3 is 14.2 Å². The van der Waals surface area contributed by atoms with Gasteiger partial charge in [-0.1, -0.05) is 48.5 Å². The van der Waals surface area contributed by atoms with Crippen molar-refractivity contribution in [3.63, 3.8) is 0 Å². The lowest BCUT2D eigenvalue weighted by Gasteiger charge is -2.43. The summed E-state index contributed by atoms with van der Waals surface area (Å²) in [6.45, 7) is 0.489. The van der Waals surface area contributed by atoms with Gasteiger partial charge in [0.2, 0.25) is 0 Å². The van der Waals surface area contributed by atoms with Crippen molar-refractivity contribution in [2.45, 2.75) is 12.4 Å². The molecule has 30 heavy (non-hydrogen) atoms. The van der Waals surface area contributed by atoms with E-state index in [9.17, 15) is 0 Å². The first-order valence-electron chi connectivity index (χ1n) is 10.1. The number of benzene rings is 4. The smallest absolute Gasteiger partial charge is 0.265 e. The maximum atomic E-state index is 6.72. The molecule has 0 amide bonds. The zero-order chi connectivity index (χ0) is 20.1. The first-order valence-corrected chi connectivity index (χ1v) is 10.1. The van der Waals surface area contributed by atoms with Crippen LogP contribution < -0.4 is 9.47 Å². The molecule has 0 saturated heterocycles. The number of methoxy groups -OCH3 is 1. The van der Waals surface area contributed by atoms with Crippen LogP contribution >= 0.6 is 0 Å². The minimum atomic E-state index is -0.990. The van der Waals surface area contributed by atoms with E-state index in [1.165, 1.54) is 16.5 Å². The molecule has 0 spiro atoms. The zero-order valence-electron chi connectivity index (χ0n) is 16.6. The third-order valence-electron chi connectivity index (χ3n) is 5.99. The number of fused-ring (bicyclic) bond motifs is 5. The van der Waals surface area contributed by atoms with Crippen molar-refractivity contribution < 1.29 is 14.2 Å². The van der Waals surface area contributed by atoms with E-state index in [0.717, 1.165) is 33.6 Å². The van der Waals surface area contributed by atoms with Gasteiger partial charge in [0.25, 0.3) is 5.79 Å².